The highest BCUT2D eigenvalue weighted by atomic mass is 19.1. The van der Waals surface area contributed by atoms with E-state index in [4.69, 9.17) is 4.74 Å². The van der Waals surface area contributed by atoms with E-state index in [1.807, 2.05) is 19.9 Å². The van der Waals surface area contributed by atoms with Crippen LogP contribution in [-0.4, -0.2) is 14.5 Å². The minimum atomic E-state index is -0.358. The molecule has 0 N–H and O–H groups in total. The van der Waals surface area contributed by atoms with Gasteiger partial charge in [0.15, 0.2) is 0 Å². The number of halogens is 1. The normalized spacial score (nSPS) is 14.0. The largest absolute Gasteiger partial charge is 0.489 e. The van der Waals surface area contributed by atoms with Gasteiger partial charge in [-0.1, -0.05) is 17.9 Å². The number of aryl methyl sites for hydroxylation is 1. The van der Waals surface area contributed by atoms with E-state index in [0.29, 0.717) is 22.8 Å². The summed E-state index contributed by atoms with van der Waals surface area (Å²) in [5.41, 5.74) is 2.44. The van der Waals surface area contributed by atoms with Crippen LogP contribution in [0.2, 0.25) is 0 Å². The number of hydrogen-bond donors (Lipinski definition) is 0. The summed E-state index contributed by atoms with van der Waals surface area (Å²) in [6.07, 6.45) is 6.98. The van der Waals surface area contributed by atoms with E-state index in [-0.39, 0.29) is 24.0 Å². The molecular formula is C24H22FN3O2. The first kappa shape index (κ1) is 19.8. The van der Waals surface area contributed by atoms with Crippen molar-refractivity contribution in [2.45, 2.75) is 39.3 Å². The van der Waals surface area contributed by atoms with Crippen molar-refractivity contribution in [3.63, 3.8) is 0 Å². The lowest BCUT2D eigenvalue weighted by atomic mass is 10.0. The molecule has 2 heterocycles. The Hall–Kier alpha value is -3.46. The highest BCUT2D eigenvalue weighted by molar-refractivity contribution is 5.39. The Morgan fingerprint density at radius 2 is 2.00 bits per heavy atom. The number of nitrogens with zero attached hydrogens (tertiary/aromatic N) is 3. The van der Waals surface area contributed by atoms with Crippen LogP contribution in [0, 0.1) is 30.5 Å². The number of hydrogen-bond acceptors (Lipinski definition) is 4. The molecule has 152 valence electrons. The molecule has 6 heteroatoms. The van der Waals surface area contributed by atoms with Crippen molar-refractivity contribution in [3.8, 4) is 17.6 Å². The van der Waals surface area contributed by atoms with Crippen LogP contribution < -0.4 is 10.3 Å². The van der Waals surface area contributed by atoms with Crippen molar-refractivity contribution in [2.75, 3.05) is 0 Å². The second-order valence-electron chi connectivity index (χ2n) is 7.53. The van der Waals surface area contributed by atoms with Gasteiger partial charge in [-0.3, -0.25) is 4.79 Å². The van der Waals surface area contributed by atoms with Crippen LogP contribution in [0.15, 0.2) is 53.8 Å². The standard InChI is InChI=1S/C24H22FN3O2/c1-16-9-22(30-14-19-12-26-15-27-13-19)11-24(29)28(16)17(2)21-8-7-20(23(25)10-21)6-5-18-3-4-18/h7-13,15,17-18H,3-4,14H2,1-2H3/t17-/m1/s1. The van der Waals surface area contributed by atoms with Crippen LogP contribution in [0.1, 0.15) is 48.2 Å². The van der Waals surface area contributed by atoms with Gasteiger partial charge in [-0.15, -0.1) is 0 Å². The van der Waals surface area contributed by atoms with Gasteiger partial charge in [0.05, 0.1) is 11.6 Å². The number of rotatable bonds is 5. The number of ether oxygens (including phenoxy) is 1. The molecule has 1 aliphatic carbocycles. The summed E-state index contributed by atoms with van der Waals surface area (Å²) in [7, 11) is 0. The average molecular weight is 403 g/mol. The Morgan fingerprint density at radius 1 is 1.23 bits per heavy atom. The van der Waals surface area contributed by atoms with Gasteiger partial charge < -0.3 is 9.30 Å². The highest BCUT2D eigenvalue weighted by Gasteiger charge is 2.18. The second-order valence-corrected chi connectivity index (χ2v) is 7.53. The Bertz CT molecular complexity index is 1170. The summed E-state index contributed by atoms with van der Waals surface area (Å²) in [5, 5.41) is 0. The number of pyridine rings is 1. The molecule has 4 rings (SSSR count). The summed E-state index contributed by atoms with van der Waals surface area (Å²) in [6, 6.07) is 7.90. The average Bonchev–Trinajstić information content (AvgIpc) is 3.56. The highest BCUT2D eigenvalue weighted by Crippen LogP contribution is 2.28. The van der Waals surface area contributed by atoms with E-state index >= 15 is 0 Å². The fourth-order valence-corrected chi connectivity index (χ4v) is 3.28. The molecule has 5 nitrogen and oxygen atoms in total. The maximum atomic E-state index is 14.5. The van der Waals surface area contributed by atoms with Crippen LogP contribution in [0.4, 0.5) is 4.39 Å². The van der Waals surface area contributed by atoms with Crippen molar-refractivity contribution < 1.29 is 9.13 Å². The van der Waals surface area contributed by atoms with Crippen molar-refractivity contribution in [1.29, 1.82) is 0 Å². The van der Waals surface area contributed by atoms with E-state index in [0.717, 1.165) is 24.1 Å². The van der Waals surface area contributed by atoms with Crippen LogP contribution in [-0.2, 0) is 6.61 Å². The van der Waals surface area contributed by atoms with E-state index in [1.165, 1.54) is 18.5 Å². The lowest BCUT2D eigenvalue weighted by molar-refractivity contribution is 0.303. The summed E-state index contributed by atoms with van der Waals surface area (Å²) in [4.78, 5) is 20.7. The monoisotopic (exact) mass is 403 g/mol. The van der Waals surface area contributed by atoms with Crippen molar-refractivity contribution in [3.05, 3.63) is 87.6 Å². The maximum Gasteiger partial charge on any atom is 0.254 e. The lowest BCUT2D eigenvalue weighted by Gasteiger charge is -2.20. The fraction of sp³-hybridized carbons (Fsp3) is 0.292. The molecule has 0 aliphatic heterocycles. The van der Waals surface area contributed by atoms with Gasteiger partial charge >= 0.3 is 0 Å². The van der Waals surface area contributed by atoms with Crippen LogP contribution in [0.3, 0.4) is 0 Å². The summed E-state index contributed by atoms with van der Waals surface area (Å²) in [5.74, 6) is 6.53. The fourth-order valence-electron chi connectivity index (χ4n) is 3.28. The first-order valence-electron chi connectivity index (χ1n) is 9.92. The third-order valence-electron chi connectivity index (χ3n) is 5.11. The number of benzene rings is 1. The van der Waals surface area contributed by atoms with E-state index in [2.05, 4.69) is 21.8 Å². The minimum absolute atomic E-state index is 0.208. The molecule has 1 atom stereocenters. The van der Waals surface area contributed by atoms with Gasteiger partial charge in [-0.05, 0) is 50.5 Å². The molecule has 0 radical (unpaired) electrons. The quantitative estimate of drug-likeness (QED) is 0.604. The Labute approximate surface area is 174 Å². The first-order chi connectivity index (χ1) is 14.5. The topological polar surface area (TPSA) is 57.0 Å². The molecule has 1 saturated carbocycles. The van der Waals surface area contributed by atoms with E-state index in [1.54, 1.807) is 29.1 Å². The van der Waals surface area contributed by atoms with Crippen LogP contribution in [0.25, 0.3) is 0 Å². The molecule has 0 spiro atoms. The maximum absolute atomic E-state index is 14.5. The van der Waals surface area contributed by atoms with Gasteiger partial charge in [0, 0.05) is 35.6 Å². The zero-order chi connectivity index (χ0) is 21.1. The molecule has 3 aromatic rings. The van der Waals surface area contributed by atoms with Crippen molar-refractivity contribution >= 4 is 0 Å². The molecular weight excluding hydrogens is 381 g/mol. The first-order valence-corrected chi connectivity index (χ1v) is 9.92. The Kier molecular flexibility index (Phi) is 5.62. The van der Waals surface area contributed by atoms with Gasteiger partial charge in [-0.2, -0.15) is 0 Å². The predicted octanol–water partition coefficient (Wildman–Crippen LogP) is 4.04. The van der Waals surface area contributed by atoms with E-state index in [9.17, 15) is 9.18 Å². The third-order valence-corrected chi connectivity index (χ3v) is 5.11. The van der Waals surface area contributed by atoms with Gasteiger partial charge in [0.2, 0.25) is 0 Å². The molecule has 1 fully saturated rings. The molecule has 0 saturated heterocycles. The van der Waals surface area contributed by atoms with Gasteiger partial charge in [0.1, 0.15) is 24.5 Å². The Balaban J connectivity index is 1.53. The van der Waals surface area contributed by atoms with Crippen molar-refractivity contribution in [2.24, 2.45) is 5.92 Å². The summed E-state index contributed by atoms with van der Waals surface area (Å²) < 4.78 is 21.8. The molecule has 0 unspecified atom stereocenters. The SMILES string of the molecule is Cc1cc(OCc2cncnc2)cc(=O)n1[C@H](C)c1ccc(C#CC2CC2)c(F)c1. The van der Waals surface area contributed by atoms with Crippen molar-refractivity contribution in [1.82, 2.24) is 14.5 Å². The summed E-state index contributed by atoms with van der Waals surface area (Å²) >= 11 is 0. The van der Waals surface area contributed by atoms with Gasteiger partial charge in [-0.25, -0.2) is 14.4 Å². The second kappa shape index (κ2) is 8.50. The predicted molar refractivity (Wildman–Crippen MR) is 112 cm³/mol. The minimum Gasteiger partial charge on any atom is -0.489 e. The van der Waals surface area contributed by atoms with E-state index < -0.39 is 0 Å². The smallest absolute Gasteiger partial charge is 0.254 e. The molecule has 1 aliphatic rings. The molecule has 1 aromatic carbocycles. The van der Waals surface area contributed by atoms with Crippen LogP contribution >= 0.6 is 0 Å². The van der Waals surface area contributed by atoms with Crippen LogP contribution in [0.5, 0.6) is 5.75 Å². The molecule has 2 aromatic heterocycles. The molecule has 0 bridgehead atoms. The Morgan fingerprint density at radius 3 is 2.67 bits per heavy atom. The summed E-state index contributed by atoms with van der Waals surface area (Å²) in [6.45, 7) is 3.98. The lowest BCUT2D eigenvalue weighted by Crippen LogP contribution is -2.25. The molecule has 30 heavy (non-hydrogen) atoms. The van der Waals surface area contributed by atoms with Gasteiger partial charge in [0.25, 0.3) is 5.56 Å². The third kappa shape index (κ3) is 4.57. The zero-order valence-electron chi connectivity index (χ0n) is 16.9. The zero-order valence-corrected chi connectivity index (χ0v) is 16.9. The molecule has 0 amide bonds. The number of aromatic nitrogens is 3.